The van der Waals surface area contributed by atoms with Crippen molar-refractivity contribution in [3.05, 3.63) is 51.9 Å². The highest BCUT2D eigenvalue weighted by Crippen LogP contribution is 2.36. The lowest BCUT2D eigenvalue weighted by Gasteiger charge is -2.25. The summed E-state index contributed by atoms with van der Waals surface area (Å²) in [6.07, 6.45) is 17.6. The van der Waals surface area contributed by atoms with Gasteiger partial charge in [0, 0.05) is 18.8 Å². The molecular weight excluding hydrogens is 747 g/mol. The van der Waals surface area contributed by atoms with E-state index in [9.17, 15) is 25.2 Å². The number of carboxylic acid groups (broad SMARTS) is 1. The van der Waals surface area contributed by atoms with Crippen molar-refractivity contribution >= 4 is 39.7 Å². The van der Waals surface area contributed by atoms with Crippen LogP contribution in [0, 0.1) is 42.4 Å². The van der Waals surface area contributed by atoms with E-state index in [-0.39, 0.29) is 39.3 Å². The van der Waals surface area contributed by atoms with Gasteiger partial charge in [0.1, 0.15) is 23.6 Å². The summed E-state index contributed by atoms with van der Waals surface area (Å²) in [6, 6.07) is 9.92. The van der Waals surface area contributed by atoms with Crippen LogP contribution in [0.1, 0.15) is 112 Å². The first kappa shape index (κ1) is 49.0. The van der Waals surface area contributed by atoms with Crippen LogP contribution in [-0.4, -0.2) is 88.1 Å². The van der Waals surface area contributed by atoms with E-state index in [0.717, 1.165) is 35.4 Å². The minimum atomic E-state index is -1.01. The van der Waals surface area contributed by atoms with Gasteiger partial charge in [-0.25, -0.2) is 0 Å². The number of aliphatic carboxylic acids is 1. The number of nitriles is 2. The highest BCUT2D eigenvalue weighted by Gasteiger charge is 2.21. The molecule has 314 valence electrons. The minimum Gasteiger partial charge on any atom is -0.481 e. The second-order valence-corrected chi connectivity index (χ2v) is 14.8. The molecule has 0 aliphatic heterocycles. The molecular formula is C43H63N5O8S. The van der Waals surface area contributed by atoms with Crippen LogP contribution < -0.4 is 4.90 Å². The zero-order valence-electron chi connectivity index (χ0n) is 34.2. The Bertz CT molecular complexity index is 1600. The summed E-state index contributed by atoms with van der Waals surface area (Å²) in [7, 11) is 0. The van der Waals surface area contributed by atoms with Crippen molar-refractivity contribution in [2.75, 3.05) is 70.8 Å². The van der Waals surface area contributed by atoms with Crippen molar-refractivity contribution < 1.29 is 38.7 Å². The van der Waals surface area contributed by atoms with E-state index in [4.69, 9.17) is 24.1 Å². The number of aryl methyl sites for hydroxylation is 1. The highest BCUT2D eigenvalue weighted by atomic mass is 32.1. The lowest BCUT2D eigenvalue weighted by molar-refractivity contribution is -0.152. The molecule has 0 fully saturated rings. The predicted molar refractivity (Wildman–Crippen MR) is 223 cm³/mol. The minimum absolute atomic E-state index is 0.0165. The van der Waals surface area contributed by atoms with Crippen LogP contribution in [0.25, 0.3) is 0 Å². The van der Waals surface area contributed by atoms with Gasteiger partial charge < -0.3 is 34.1 Å². The Morgan fingerprint density at radius 2 is 1.47 bits per heavy atom. The zero-order valence-corrected chi connectivity index (χ0v) is 35.0. The van der Waals surface area contributed by atoms with Gasteiger partial charge in [-0.2, -0.15) is 10.5 Å². The SMILES string of the molecule is CCCCCCCCCCCC/C=C/CC(CC(=O)OCCOCCN(CCOCCOCCO)c1ccc(/N=N/c2sc(C#N)c(C)c2C#N)c(C)c1)C(=O)O. The van der Waals surface area contributed by atoms with Crippen molar-refractivity contribution in [2.45, 2.75) is 104 Å². The first-order valence-electron chi connectivity index (χ1n) is 20.3. The molecule has 0 aliphatic carbocycles. The molecule has 0 aliphatic rings. The molecule has 0 bridgehead atoms. The second-order valence-electron chi connectivity index (χ2n) is 13.8. The lowest BCUT2D eigenvalue weighted by atomic mass is 10.0. The third-order valence-corrected chi connectivity index (χ3v) is 10.4. The third-order valence-electron chi connectivity index (χ3n) is 9.32. The van der Waals surface area contributed by atoms with Crippen LogP contribution in [-0.2, 0) is 28.5 Å². The summed E-state index contributed by atoms with van der Waals surface area (Å²) < 4.78 is 22.1. The summed E-state index contributed by atoms with van der Waals surface area (Å²) in [6.45, 7) is 8.79. The molecule has 0 saturated carbocycles. The number of hydrogen-bond donors (Lipinski definition) is 2. The molecule has 2 aromatic rings. The van der Waals surface area contributed by atoms with E-state index >= 15 is 0 Å². The number of unbranched alkanes of at least 4 members (excludes halogenated alkanes) is 10. The Morgan fingerprint density at radius 1 is 0.842 bits per heavy atom. The van der Waals surface area contributed by atoms with Gasteiger partial charge >= 0.3 is 11.9 Å². The van der Waals surface area contributed by atoms with Crippen LogP contribution in [0.4, 0.5) is 16.4 Å². The first-order chi connectivity index (χ1) is 27.7. The van der Waals surface area contributed by atoms with E-state index in [0.29, 0.717) is 66.2 Å². The van der Waals surface area contributed by atoms with Crippen molar-refractivity contribution in [1.29, 1.82) is 10.5 Å². The Labute approximate surface area is 343 Å². The number of anilines is 1. The standard InChI is InChI=1S/C43H63N5O8S/c1-4-5-6-7-8-9-10-11-12-13-14-15-16-17-36(43(51)52)31-41(50)56-29-28-54-24-21-48(20-23-53-26-27-55-25-22-49)37-18-19-39(34(2)30-37)46-47-42-38(32-44)35(3)40(33-45)57-42/h15-16,18-19,30,36,49H,4-14,17,20-29,31H2,1-3H3,(H,51,52)/b16-15+,47-46+. The van der Waals surface area contributed by atoms with Crippen LogP contribution in [0.15, 0.2) is 40.6 Å². The van der Waals surface area contributed by atoms with Crippen LogP contribution in [0.2, 0.25) is 0 Å². The van der Waals surface area contributed by atoms with Gasteiger partial charge in [-0.1, -0.05) is 76.9 Å². The third kappa shape index (κ3) is 20.7. The van der Waals surface area contributed by atoms with Gasteiger partial charge in [-0.05, 0) is 62.4 Å². The Kier molecular flexibility index (Phi) is 26.5. The molecule has 1 unspecified atom stereocenters. The predicted octanol–water partition coefficient (Wildman–Crippen LogP) is 9.26. The van der Waals surface area contributed by atoms with Crippen molar-refractivity contribution in [1.82, 2.24) is 0 Å². The molecule has 1 atom stereocenters. The summed E-state index contributed by atoms with van der Waals surface area (Å²) in [4.78, 5) is 26.8. The van der Waals surface area contributed by atoms with Crippen LogP contribution >= 0.6 is 11.3 Å². The number of hydrogen-bond acceptors (Lipinski definition) is 13. The molecule has 0 saturated heterocycles. The van der Waals surface area contributed by atoms with Crippen molar-refractivity contribution in [3.8, 4) is 12.1 Å². The molecule has 14 heteroatoms. The summed E-state index contributed by atoms with van der Waals surface area (Å²) >= 11 is 1.13. The molecule has 2 rings (SSSR count). The molecule has 1 aromatic carbocycles. The summed E-state index contributed by atoms with van der Waals surface area (Å²) in [5.74, 6) is -2.41. The average molecular weight is 810 g/mol. The number of carbonyl (C=O) groups is 2. The van der Waals surface area contributed by atoms with Gasteiger partial charge in [0.15, 0.2) is 5.00 Å². The number of rotatable bonds is 33. The number of carbonyl (C=O) groups excluding carboxylic acids is 1. The Hall–Kier alpha value is -4.18. The zero-order chi connectivity index (χ0) is 41.5. The maximum absolute atomic E-state index is 12.4. The average Bonchev–Trinajstić information content (AvgIpc) is 3.52. The largest absolute Gasteiger partial charge is 0.481 e. The lowest BCUT2D eigenvalue weighted by Crippen LogP contribution is -2.31. The van der Waals surface area contributed by atoms with Gasteiger partial charge in [-0.3, -0.25) is 9.59 Å². The number of esters is 1. The number of benzene rings is 1. The van der Waals surface area contributed by atoms with Gasteiger partial charge in [-0.15, -0.1) is 21.6 Å². The van der Waals surface area contributed by atoms with E-state index in [1.807, 2.05) is 37.3 Å². The van der Waals surface area contributed by atoms with Gasteiger partial charge in [0.25, 0.3) is 0 Å². The van der Waals surface area contributed by atoms with Crippen molar-refractivity contribution in [2.24, 2.45) is 16.1 Å². The van der Waals surface area contributed by atoms with Gasteiger partial charge in [0.05, 0.1) is 69.8 Å². The van der Waals surface area contributed by atoms with E-state index in [1.165, 1.54) is 57.8 Å². The molecule has 0 radical (unpaired) electrons. The van der Waals surface area contributed by atoms with Crippen LogP contribution in [0.5, 0.6) is 0 Å². The number of azo groups is 1. The molecule has 0 amide bonds. The molecule has 0 spiro atoms. The number of nitrogens with zero attached hydrogens (tertiary/aromatic N) is 5. The number of aliphatic hydroxyl groups excluding tert-OH is 1. The number of aliphatic hydroxyl groups is 1. The summed E-state index contributed by atoms with van der Waals surface area (Å²) in [5, 5.41) is 46.4. The molecule has 57 heavy (non-hydrogen) atoms. The number of allylic oxidation sites excluding steroid dienone is 2. The quantitative estimate of drug-likeness (QED) is 0.0303. The maximum atomic E-state index is 12.4. The fourth-order valence-electron chi connectivity index (χ4n) is 5.94. The van der Waals surface area contributed by atoms with Gasteiger partial charge in [0.2, 0.25) is 0 Å². The number of ether oxygens (including phenoxy) is 4. The van der Waals surface area contributed by atoms with E-state index in [2.05, 4.69) is 34.2 Å². The van der Waals surface area contributed by atoms with E-state index < -0.39 is 17.9 Å². The fraction of sp³-hybridized carbons (Fsp3) is 0.628. The molecule has 1 aromatic heterocycles. The fourth-order valence-corrected chi connectivity index (χ4v) is 6.81. The van der Waals surface area contributed by atoms with Crippen LogP contribution in [0.3, 0.4) is 0 Å². The number of thiophene rings is 1. The monoisotopic (exact) mass is 809 g/mol. The van der Waals surface area contributed by atoms with E-state index in [1.54, 1.807) is 6.92 Å². The molecule has 1 heterocycles. The maximum Gasteiger partial charge on any atom is 0.307 e. The smallest absolute Gasteiger partial charge is 0.307 e. The molecule has 2 N–H and O–H groups in total. The summed E-state index contributed by atoms with van der Waals surface area (Å²) in [5.41, 5.74) is 3.32. The Morgan fingerprint density at radius 3 is 2.07 bits per heavy atom. The first-order valence-corrected chi connectivity index (χ1v) is 21.2. The number of carboxylic acids is 1. The normalized spacial score (nSPS) is 11.9. The molecule has 13 nitrogen and oxygen atoms in total. The second kappa shape index (κ2) is 30.9. The Balaban J connectivity index is 1.80. The highest BCUT2D eigenvalue weighted by molar-refractivity contribution is 7.16. The van der Waals surface area contributed by atoms with Crippen molar-refractivity contribution in [3.63, 3.8) is 0 Å². The topological polar surface area (TPSA) is 187 Å².